The molecular weight excluding hydrogens is 232 g/mol. The van der Waals surface area contributed by atoms with Crippen LogP contribution in [0, 0.1) is 11.3 Å². The largest absolute Gasteiger partial charge is 0.326 e. The Bertz CT molecular complexity index is 719. The second-order valence-electron chi connectivity index (χ2n) is 3.68. The minimum Gasteiger partial charge on any atom is -0.326 e. The molecule has 0 aliphatic carbocycles. The molecule has 0 aliphatic heterocycles. The van der Waals surface area contributed by atoms with Crippen molar-refractivity contribution in [1.82, 2.24) is 14.5 Å². The number of hydrogen-bond donors (Lipinski definition) is 0. The fourth-order valence-electron chi connectivity index (χ4n) is 1.81. The van der Waals surface area contributed by atoms with Crippen LogP contribution in [0.2, 0.25) is 0 Å². The van der Waals surface area contributed by atoms with Gasteiger partial charge in [-0.3, -0.25) is 0 Å². The number of fused-ring (bicyclic) bond motifs is 1. The zero-order valence-corrected chi connectivity index (χ0v) is 9.90. The van der Waals surface area contributed by atoms with E-state index < -0.39 is 0 Å². The van der Waals surface area contributed by atoms with Crippen LogP contribution in [-0.4, -0.2) is 14.5 Å². The number of rotatable bonds is 1. The van der Waals surface area contributed by atoms with Gasteiger partial charge in [0, 0.05) is 12.4 Å². The maximum Gasteiger partial charge on any atom is 0.160 e. The average molecular weight is 240 g/mol. The van der Waals surface area contributed by atoms with Gasteiger partial charge < -0.3 is 4.57 Å². The van der Waals surface area contributed by atoms with E-state index in [2.05, 4.69) is 16.0 Å². The molecule has 0 N–H and O–H groups in total. The molecule has 5 heteroatoms. The molecule has 3 aromatic rings. The third-order valence-corrected chi connectivity index (χ3v) is 3.26. The van der Waals surface area contributed by atoms with E-state index in [0.29, 0.717) is 5.56 Å². The van der Waals surface area contributed by atoms with Crippen LogP contribution < -0.4 is 0 Å². The highest BCUT2D eigenvalue weighted by Gasteiger charge is 2.11. The Morgan fingerprint density at radius 2 is 2.29 bits per heavy atom. The van der Waals surface area contributed by atoms with E-state index in [1.807, 2.05) is 29.1 Å². The van der Waals surface area contributed by atoms with Crippen molar-refractivity contribution in [3.05, 3.63) is 34.7 Å². The Kier molecular flexibility index (Phi) is 2.16. The van der Waals surface area contributed by atoms with Crippen LogP contribution in [0.4, 0.5) is 0 Å². The molecule has 0 saturated heterocycles. The maximum atomic E-state index is 8.89. The van der Waals surface area contributed by atoms with E-state index in [1.54, 1.807) is 22.9 Å². The van der Waals surface area contributed by atoms with E-state index in [4.69, 9.17) is 5.26 Å². The van der Waals surface area contributed by atoms with E-state index >= 15 is 0 Å². The Hall–Kier alpha value is -2.19. The molecule has 2 aromatic heterocycles. The third-order valence-electron chi connectivity index (χ3n) is 2.67. The number of aromatic nitrogens is 3. The topological polar surface area (TPSA) is 54.5 Å². The van der Waals surface area contributed by atoms with E-state index in [-0.39, 0.29) is 0 Å². The third kappa shape index (κ3) is 1.50. The lowest BCUT2D eigenvalue weighted by Gasteiger charge is -1.98. The first-order chi connectivity index (χ1) is 8.29. The van der Waals surface area contributed by atoms with Crippen molar-refractivity contribution in [2.24, 2.45) is 7.05 Å². The summed E-state index contributed by atoms with van der Waals surface area (Å²) in [6.07, 6.45) is 0. The molecule has 0 aliphatic rings. The van der Waals surface area contributed by atoms with Gasteiger partial charge in [0.15, 0.2) is 5.82 Å². The van der Waals surface area contributed by atoms with Gasteiger partial charge in [0.1, 0.15) is 5.69 Å². The molecule has 0 fully saturated rings. The Morgan fingerprint density at radius 1 is 1.41 bits per heavy atom. The minimum absolute atomic E-state index is 0.644. The first-order valence-corrected chi connectivity index (χ1v) is 5.99. The molecule has 4 nitrogen and oxygen atoms in total. The summed E-state index contributed by atoms with van der Waals surface area (Å²) >= 11 is 1.54. The van der Waals surface area contributed by atoms with Gasteiger partial charge in [-0.25, -0.2) is 9.97 Å². The average Bonchev–Trinajstić information content (AvgIpc) is 2.97. The summed E-state index contributed by atoms with van der Waals surface area (Å²) in [5.74, 6) is 0.830. The highest BCUT2D eigenvalue weighted by Crippen LogP contribution is 2.23. The van der Waals surface area contributed by atoms with E-state index in [1.165, 1.54) is 0 Å². The van der Waals surface area contributed by atoms with Crippen molar-refractivity contribution in [2.45, 2.75) is 0 Å². The number of nitriles is 1. The number of benzene rings is 1. The number of thiazole rings is 1. The van der Waals surface area contributed by atoms with Gasteiger partial charge in [-0.15, -0.1) is 11.3 Å². The molecule has 17 heavy (non-hydrogen) atoms. The Morgan fingerprint density at radius 3 is 3.00 bits per heavy atom. The summed E-state index contributed by atoms with van der Waals surface area (Å²) in [6.45, 7) is 0. The number of nitrogens with zero attached hydrogens (tertiary/aromatic N) is 4. The van der Waals surface area contributed by atoms with Crippen LogP contribution >= 0.6 is 11.3 Å². The standard InChI is InChI=1S/C12H8N4S/c1-16-11-4-8(5-13)2-3-9(11)15-12(16)10-6-17-7-14-10/h2-4,6-7H,1H3. The van der Waals surface area contributed by atoms with Gasteiger partial charge in [-0.05, 0) is 18.2 Å². The molecule has 82 valence electrons. The van der Waals surface area contributed by atoms with Gasteiger partial charge >= 0.3 is 0 Å². The summed E-state index contributed by atoms with van der Waals surface area (Å²) in [5, 5.41) is 10.9. The molecular formula is C12H8N4S. The lowest BCUT2D eigenvalue weighted by molar-refractivity contribution is 0.953. The quantitative estimate of drug-likeness (QED) is 0.657. The fraction of sp³-hybridized carbons (Fsp3) is 0.0833. The van der Waals surface area contributed by atoms with E-state index in [9.17, 15) is 0 Å². The van der Waals surface area contributed by atoms with Crippen LogP contribution in [0.5, 0.6) is 0 Å². The summed E-state index contributed by atoms with van der Waals surface area (Å²) in [7, 11) is 1.94. The molecule has 0 bridgehead atoms. The SMILES string of the molecule is Cn1c(-c2cscn2)nc2ccc(C#N)cc21. The van der Waals surface area contributed by atoms with Crippen LogP contribution in [0.3, 0.4) is 0 Å². The Balaban J connectivity index is 2.30. The summed E-state index contributed by atoms with van der Waals surface area (Å²) in [4.78, 5) is 8.78. The minimum atomic E-state index is 0.644. The second-order valence-corrected chi connectivity index (χ2v) is 4.40. The van der Waals surface area contributed by atoms with Gasteiger partial charge in [-0.1, -0.05) is 0 Å². The number of imidazole rings is 1. The van der Waals surface area contributed by atoms with Crippen molar-refractivity contribution in [1.29, 1.82) is 5.26 Å². The summed E-state index contributed by atoms with van der Waals surface area (Å²) < 4.78 is 1.96. The zero-order chi connectivity index (χ0) is 11.8. The summed E-state index contributed by atoms with van der Waals surface area (Å²) in [5.41, 5.74) is 5.13. The van der Waals surface area contributed by atoms with Gasteiger partial charge in [0.05, 0.1) is 28.2 Å². The summed E-state index contributed by atoms with van der Waals surface area (Å²) in [6, 6.07) is 7.62. The molecule has 2 heterocycles. The van der Waals surface area contributed by atoms with Crippen molar-refractivity contribution < 1.29 is 0 Å². The predicted molar refractivity (Wildman–Crippen MR) is 66.5 cm³/mol. The maximum absolute atomic E-state index is 8.89. The van der Waals surface area contributed by atoms with Crippen LogP contribution in [0.15, 0.2) is 29.1 Å². The fourth-order valence-corrected chi connectivity index (χ4v) is 2.34. The predicted octanol–water partition coefficient (Wildman–Crippen LogP) is 2.57. The second kappa shape index (κ2) is 3.68. The van der Waals surface area contributed by atoms with E-state index in [0.717, 1.165) is 22.6 Å². The van der Waals surface area contributed by atoms with Gasteiger partial charge in [-0.2, -0.15) is 5.26 Å². The van der Waals surface area contributed by atoms with Gasteiger partial charge in [0.2, 0.25) is 0 Å². The molecule has 1 aromatic carbocycles. The number of aryl methyl sites for hydroxylation is 1. The van der Waals surface area contributed by atoms with Crippen molar-refractivity contribution in [2.75, 3.05) is 0 Å². The normalized spacial score (nSPS) is 10.6. The Labute approximate surface area is 102 Å². The number of hydrogen-bond acceptors (Lipinski definition) is 4. The van der Waals surface area contributed by atoms with Crippen molar-refractivity contribution in [3.8, 4) is 17.6 Å². The lowest BCUT2D eigenvalue weighted by Crippen LogP contribution is -1.92. The molecule has 3 rings (SSSR count). The highest BCUT2D eigenvalue weighted by atomic mass is 32.1. The first kappa shape index (κ1) is 10.00. The molecule has 0 spiro atoms. The van der Waals surface area contributed by atoms with Crippen LogP contribution in [0.1, 0.15) is 5.56 Å². The highest BCUT2D eigenvalue weighted by molar-refractivity contribution is 7.07. The van der Waals surface area contributed by atoms with Crippen molar-refractivity contribution in [3.63, 3.8) is 0 Å². The molecule has 0 radical (unpaired) electrons. The van der Waals surface area contributed by atoms with Crippen LogP contribution in [0.25, 0.3) is 22.6 Å². The first-order valence-electron chi connectivity index (χ1n) is 5.05. The zero-order valence-electron chi connectivity index (χ0n) is 9.08. The van der Waals surface area contributed by atoms with Crippen LogP contribution in [-0.2, 0) is 7.05 Å². The molecule has 0 unspecified atom stereocenters. The van der Waals surface area contributed by atoms with Gasteiger partial charge in [0.25, 0.3) is 0 Å². The monoisotopic (exact) mass is 240 g/mol. The smallest absolute Gasteiger partial charge is 0.160 e. The van der Waals surface area contributed by atoms with Crippen molar-refractivity contribution >= 4 is 22.4 Å². The molecule has 0 atom stereocenters. The lowest BCUT2D eigenvalue weighted by atomic mass is 10.2. The molecule has 0 amide bonds. The molecule has 0 saturated carbocycles.